The molecule has 1 amide bonds. The van der Waals surface area contributed by atoms with Crippen LogP contribution in [0.4, 0.5) is 5.69 Å². The van der Waals surface area contributed by atoms with Crippen molar-refractivity contribution in [1.29, 1.82) is 0 Å². The second-order valence-electron chi connectivity index (χ2n) is 5.10. The Bertz CT molecular complexity index is 431. The van der Waals surface area contributed by atoms with Crippen molar-refractivity contribution < 1.29 is 4.79 Å². The Hall–Kier alpha value is -1.16. The fourth-order valence-electron chi connectivity index (χ4n) is 2.46. The molecule has 1 fully saturated rings. The SMILES string of the molecule is Cc1cc(N)cc(C(=O)N2CC(C)SC(C)C2)c1. The van der Waals surface area contributed by atoms with E-state index in [-0.39, 0.29) is 5.91 Å². The van der Waals surface area contributed by atoms with Crippen molar-refractivity contribution in [2.45, 2.75) is 31.3 Å². The zero-order chi connectivity index (χ0) is 13.3. The van der Waals surface area contributed by atoms with Crippen molar-refractivity contribution in [2.24, 2.45) is 0 Å². The third-order valence-electron chi connectivity index (χ3n) is 3.05. The van der Waals surface area contributed by atoms with Gasteiger partial charge in [0, 0.05) is 34.8 Å². The Kier molecular flexibility index (Phi) is 3.85. The van der Waals surface area contributed by atoms with Gasteiger partial charge in [-0.15, -0.1) is 0 Å². The summed E-state index contributed by atoms with van der Waals surface area (Å²) in [6.45, 7) is 7.95. The van der Waals surface area contributed by atoms with E-state index >= 15 is 0 Å². The summed E-state index contributed by atoms with van der Waals surface area (Å²) in [5.74, 6) is 0.101. The molecule has 0 aliphatic carbocycles. The third kappa shape index (κ3) is 2.99. The highest BCUT2D eigenvalue weighted by atomic mass is 32.2. The van der Waals surface area contributed by atoms with E-state index < -0.39 is 0 Å². The van der Waals surface area contributed by atoms with Gasteiger partial charge in [0.1, 0.15) is 0 Å². The van der Waals surface area contributed by atoms with E-state index in [9.17, 15) is 4.79 Å². The summed E-state index contributed by atoms with van der Waals surface area (Å²) in [6, 6.07) is 5.57. The molecule has 98 valence electrons. The molecule has 0 saturated carbocycles. The smallest absolute Gasteiger partial charge is 0.254 e. The van der Waals surface area contributed by atoms with Gasteiger partial charge in [0.2, 0.25) is 0 Å². The van der Waals surface area contributed by atoms with Crippen molar-refractivity contribution in [3.8, 4) is 0 Å². The van der Waals surface area contributed by atoms with E-state index in [1.54, 1.807) is 6.07 Å². The lowest BCUT2D eigenvalue weighted by Gasteiger charge is -2.34. The molecule has 3 nitrogen and oxygen atoms in total. The first-order valence-electron chi connectivity index (χ1n) is 6.27. The number of thioether (sulfide) groups is 1. The molecule has 0 aromatic heterocycles. The van der Waals surface area contributed by atoms with Crippen LogP contribution in [0.15, 0.2) is 18.2 Å². The number of aryl methyl sites for hydroxylation is 1. The van der Waals surface area contributed by atoms with Crippen LogP contribution in [-0.2, 0) is 0 Å². The first kappa shape index (κ1) is 13.3. The van der Waals surface area contributed by atoms with Gasteiger partial charge in [-0.25, -0.2) is 0 Å². The molecule has 2 unspecified atom stereocenters. The fourth-order valence-corrected chi connectivity index (χ4v) is 3.79. The molecule has 2 rings (SSSR count). The van der Waals surface area contributed by atoms with Crippen LogP contribution in [-0.4, -0.2) is 34.4 Å². The van der Waals surface area contributed by atoms with E-state index in [4.69, 9.17) is 5.73 Å². The predicted molar refractivity (Wildman–Crippen MR) is 78.0 cm³/mol. The minimum absolute atomic E-state index is 0.101. The van der Waals surface area contributed by atoms with Crippen LogP contribution in [0.5, 0.6) is 0 Å². The molecule has 0 spiro atoms. The molecule has 1 aromatic rings. The number of amides is 1. The van der Waals surface area contributed by atoms with Crippen molar-refractivity contribution in [2.75, 3.05) is 18.8 Å². The van der Waals surface area contributed by atoms with Crippen molar-refractivity contribution in [1.82, 2.24) is 4.90 Å². The Morgan fingerprint density at radius 3 is 2.44 bits per heavy atom. The second-order valence-corrected chi connectivity index (χ2v) is 6.98. The molecule has 1 heterocycles. The largest absolute Gasteiger partial charge is 0.399 e. The molecule has 1 aromatic carbocycles. The van der Waals surface area contributed by atoms with Crippen LogP contribution >= 0.6 is 11.8 Å². The summed E-state index contributed by atoms with van der Waals surface area (Å²) in [5.41, 5.74) is 8.21. The van der Waals surface area contributed by atoms with E-state index in [2.05, 4.69) is 13.8 Å². The summed E-state index contributed by atoms with van der Waals surface area (Å²) >= 11 is 1.95. The minimum atomic E-state index is 0.101. The number of carbonyl (C=O) groups is 1. The number of nitrogens with two attached hydrogens (primary N) is 1. The van der Waals surface area contributed by atoms with E-state index in [1.807, 2.05) is 35.7 Å². The summed E-state index contributed by atoms with van der Waals surface area (Å²) in [6.07, 6.45) is 0. The number of anilines is 1. The lowest BCUT2D eigenvalue weighted by molar-refractivity contribution is 0.0753. The van der Waals surface area contributed by atoms with Gasteiger partial charge < -0.3 is 10.6 Å². The maximum atomic E-state index is 12.5. The monoisotopic (exact) mass is 264 g/mol. The zero-order valence-corrected chi connectivity index (χ0v) is 12.0. The molecule has 1 aliphatic rings. The van der Waals surface area contributed by atoms with Crippen LogP contribution in [0.2, 0.25) is 0 Å². The summed E-state index contributed by atoms with van der Waals surface area (Å²) in [4.78, 5) is 14.4. The lowest BCUT2D eigenvalue weighted by atomic mass is 10.1. The molecule has 1 saturated heterocycles. The number of carbonyl (C=O) groups excluding carboxylic acids is 1. The van der Waals surface area contributed by atoms with Crippen molar-refractivity contribution in [3.05, 3.63) is 29.3 Å². The number of benzene rings is 1. The average Bonchev–Trinajstić information content (AvgIpc) is 2.25. The topological polar surface area (TPSA) is 46.3 Å². The van der Waals surface area contributed by atoms with Crippen LogP contribution < -0.4 is 5.73 Å². The van der Waals surface area contributed by atoms with E-state index in [0.29, 0.717) is 21.8 Å². The van der Waals surface area contributed by atoms with Gasteiger partial charge in [0.15, 0.2) is 0 Å². The molecular weight excluding hydrogens is 244 g/mol. The molecule has 0 bridgehead atoms. The maximum absolute atomic E-state index is 12.5. The number of hydrogen-bond donors (Lipinski definition) is 1. The highest BCUT2D eigenvalue weighted by Crippen LogP contribution is 2.26. The van der Waals surface area contributed by atoms with Gasteiger partial charge in [-0.3, -0.25) is 4.79 Å². The fraction of sp³-hybridized carbons (Fsp3) is 0.500. The van der Waals surface area contributed by atoms with Crippen LogP contribution in [0.3, 0.4) is 0 Å². The van der Waals surface area contributed by atoms with Crippen LogP contribution in [0.1, 0.15) is 29.8 Å². The average molecular weight is 264 g/mol. The Balaban J connectivity index is 2.20. The highest BCUT2D eigenvalue weighted by molar-refractivity contribution is 8.00. The normalized spacial score (nSPS) is 24.1. The van der Waals surface area contributed by atoms with Gasteiger partial charge in [0.25, 0.3) is 5.91 Å². The number of nitrogen functional groups attached to an aromatic ring is 1. The van der Waals surface area contributed by atoms with Gasteiger partial charge in [-0.05, 0) is 30.7 Å². The second kappa shape index (κ2) is 5.22. The summed E-state index contributed by atoms with van der Waals surface area (Å²) in [7, 11) is 0. The van der Waals surface area contributed by atoms with Crippen molar-refractivity contribution >= 4 is 23.4 Å². The van der Waals surface area contributed by atoms with Gasteiger partial charge in [-0.2, -0.15) is 11.8 Å². The molecule has 0 radical (unpaired) electrons. The molecule has 18 heavy (non-hydrogen) atoms. The predicted octanol–water partition coefficient (Wildman–Crippen LogP) is 2.54. The number of nitrogens with zero attached hydrogens (tertiary/aromatic N) is 1. The molecule has 4 heteroatoms. The van der Waals surface area contributed by atoms with E-state index in [0.717, 1.165) is 18.7 Å². The standard InChI is InChI=1S/C14H20N2OS/c1-9-4-12(6-13(15)5-9)14(17)16-7-10(2)18-11(3)8-16/h4-6,10-11H,7-8,15H2,1-3H3. The molecule has 1 aliphatic heterocycles. The van der Waals surface area contributed by atoms with Crippen LogP contribution in [0, 0.1) is 6.92 Å². The zero-order valence-electron chi connectivity index (χ0n) is 11.1. The summed E-state index contributed by atoms with van der Waals surface area (Å²) < 4.78 is 0. The van der Waals surface area contributed by atoms with Gasteiger partial charge in [-0.1, -0.05) is 13.8 Å². The quantitative estimate of drug-likeness (QED) is 0.793. The molecule has 2 N–H and O–H groups in total. The van der Waals surface area contributed by atoms with Gasteiger partial charge >= 0.3 is 0 Å². The molecular formula is C14H20N2OS. The maximum Gasteiger partial charge on any atom is 0.254 e. The van der Waals surface area contributed by atoms with E-state index in [1.165, 1.54) is 0 Å². The highest BCUT2D eigenvalue weighted by Gasteiger charge is 2.26. The third-order valence-corrected chi connectivity index (χ3v) is 4.28. The van der Waals surface area contributed by atoms with Gasteiger partial charge in [0.05, 0.1) is 0 Å². The first-order valence-corrected chi connectivity index (χ1v) is 7.22. The van der Waals surface area contributed by atoms with Crippen LogP contribution in [0.25, 0.3) is 0 Å². The summed E-state index contributed by atoms with van der Waals surface area (Å²) in [5, 5.41) is 1.000. The molecule has 2 atom stereocenters. The Morgan fingerprint density at radius 2 is 1.89 bits per heavy atom. The minimum Gasteiger partial charge on any atom is -0.399 e. The Morgan fingerprint density at radius 1 is 1.28 bits per heavy atom. The van der Waals surface area contributed by atoms with Crippen molar-refractivity contribution in [3.63, 3.8) is 0 Å². The first-order chi connectivity index (χ1) is 8.45. The lowest BCUT2D eigenvalue weighted by Crippen LogP contribution is -2.44. The number of hydrogen-bond acceptors (Lipinski definition) is 3. The Labute approximate surface area is 113 Å². The number of rotatable bonds is 1.